The standard InChI is InChI=1S/C28H36N4O4S/c1-20(2)15-16-27(3,4)22-13-11-21(12-14-22)18-28(29,37(35,36)25-10-5-6-17-30-25)23-8-7-9-24(32-23)31-19-26(33)34/h5-14,17,20H,15-16,18-19,29H2,1-4H3,(H,31,32)(H,33,34). The second kappa shape index (κ2) is 11.4. The average Bonchev–Trinajstić information content (AvgIpc) is 2.87. The zero-order chi connectivity index (χ0) is 27.3. The molecule has 0 fully saturated rings. The first-order valence-corrected chi connectivity index (χ1v) is 13.8. The number of carbonyl (C=O) groups is 1. The Labute approximate surface area is 219 Å². The molecule has 198 valence electrons. The summed E-state index contributed by atoms with van der Waals surface area (Å²) in [5, 5.41) is 11.5. The highest BCUT2D eigenvalue weighted by Gasteiger charge is 2.45. The number of nitrogens with one attached hydrogen (secondary N) is 1. The number of sulfone groups is 1. The molecule has 0 amide bonds. The Kier molecular flexibility index (Phi) is 8.71. The summed E-state index contributed by atoms with van der Waals surface area (Å²) in [5.41, 5.74) is 8.73. The van der Waals surface area contributed by atoms with Crippen LogP contribution in [-0.4, -0.2) is 36.0 Å². The second-order valence-corrected chi connectivity index (χ2v) is 12.6. The molecule has 0 saturated heterocycles. The molecule has 0 spiro atoms. The fraction of sp³-hybridized carbons (Fsp3) is 0.393. The van der Waals surface area contributed by atoms with Crippen LogP contribution in [0.2, 0.25) is 0 Å². The summed E-state index contributed by atoms with van der Waals surface area (Å²) in [6.07, 6.45) is 3.51. The number of hydrogen-bond donors (Lipinski definition) is 3. The lowest BCUT2D eigenvalue weighted by molar-refractivity contribution is -0.134. The van der Waals surface area contributed by atoms with Crippen molar-refractivity contribution in [2.24, 2.45) is 11.7 Å². The Balaban J connectivity index is 2.02. The van der Waals surface area contributed by atoms with E-state index in [-0.39, 0.29) is 34.9 Å². The Morgan fingerprint density at radius 2 is 1.76 bits per heavy atom. The van der Waals surface area contributed by atoms with E-state index < -0.39 is 20.7 Å². The number of hydrogen-bond acceptors (Lipinski definition) is 7. The molecule has 1 aromatic carbocycles. The molecule has 3 aromatic rings. The summed E-state index contributed by atoms with van der Waals surface area (Å²) in [5.74, 6) is -0.238. The number of anilines is 1. The van der Waals surface area contributed by atoms with Crippen molar-refractivity contribution >= 4 is 21.6 Å². The highest BCUT2D eigenvalue weighted by molar-refractivity contribution is 7.92. The van der Waals surface area contributed by atoms with E-state index in [1.165, 1.54) is 23.9 Å². The number of carboxylic acids is 1. The lowest BCUT2D eigenvalue weighted by atomic mass is 9.78. The molecule has 2 aromatic heterocycles. The lowest BCUT2D eigenvalue weighted by Crippen LogP contribution is -2.47. The lowest BCUT2D eigenvalue weighted by Gasteiger charge is -2.30. The van der Waals surface area contributed by atoms with Gasteiger partial charge in [0.15, 0.2) is 9.90 Å². The number of nitrogens with zero attached hydrogens (tertiary/aromatic N) is 2. The smallest absolute Gasteiger partial charge is 0.322 e. The molecule has 9 heteroatoms. The maximum atomic E-state index is 13.9. The van der Waals surface area contributed by atoms with Crippen LogP contribution in [-0.2, 0) is 31.3 Å². The molecule has 0 bridgehead atoms. The number of rotatable bonds is 12. The van der Waals surface area contributed by atoms with Crippen molar-refractivity contribution in [1.82, 2.24) is 9.97 Å². The Morgan fingerprint density at radius 3 is 2.35 bits per heavy atom. The first-order valence-electron chi connectivity index (χ1n) is 12.3. The quantitative estimate of drug-likeness (QED) is 0.315. The van der Waals surface area contributed by atoms with Gasteiger partial charge in [0.25, 0.3) is 0 Å². The summed E-state index contributed by atoms with van der Waals surface area (Å²) < 4.78 is 27.7. The van der Waals surface area contributed by atoms with E-state index in [1.54, 1.807) is 24.3 Å². The van der Waals surface area contributed by atoms with E-state index >= 15 is 0 Å². The molecule has 0 radical (unpaired) electrons. The van der Waals surface area contributed by atoms with Gasteiger partial charge in [-0.05, 0) is 53.1 Å². The minimum atomic E-state index is -4.20. The highest BCUT2D eigenvalue weighted by Crippen LogP contribution is 2.35. The molecular weight excluding hydrogens is 488 g/mol. The van der Waals surface area contributed by atoms with Crippen LogP contribution in [0.4, 0.5) is 5.82 Å². The monoisotopic (exact) mass is 524 g/mol. The fourth-order valence-electron chi connectivity index (χ4n) is 4.12. The first kappa shape index (κ1) is 28.3. The molecular formula is C28H36N4O4S. The predicted octanol–water partition coefficient (Wildman–Crippen LogP) is 4.52. The Morgan fingerprint density at radius 1 is 1.05 bits per heavy atom. The van der Waals surface area contributed by atoms with Crippen molar-refractivity contribution in [2.45, 2.75) is 62.3 Å². The normalized spacial score (nSPS) is 13.8. The van der Waals surface area contributed by atoms with E-state index in [0.29, 0.717) is 5.92 Å². The molecule has 8 nitrogen and oxygen atoms in total. The van der Waals surface area contributed by atoms with E-state index in [1.807, 2.05) is 24.3 Å². The first-order chi connectivity index (χ1) is 17.3. The highest BCUT2D eigenvalue weighted by atomic mass is 32.2. The van der Waals surface area contributed by atoms with E-state index in [9.17, 15) is 13.2 Å². The van der Waals surface area contributed by atoms with Gasteiger partial charge in [-0.15, -0.1) is 0 Å². The minimum Gasteiger partial charge on any atom is -0.480 e. The van der Waals surface area contributed by atoms with Crippen molar-refractivity contribution in [3.05, 3.63) is 83.7 Å². The predicted molar refractivity (Wildman–Crippen MR) is 145 cm³/mol. The summed E-state index contributed by atoms with van der Waals surface area (Å²) >= 11 is 0. The van der Waals surface area contributed by atoms with Crippen molar-refractivity contribution < 1.29 is 18.3 Å². The SMILES string of the molecule is CC(C)CCC(C)(C)c1ccc(CC(N)(c2cccc(NCC(=O)O)n2)S(=O)(=O)c2ccccn2)cc1. The largest absolute Gasteiger partial charge is 0.480 e. The summed E-state index contributed by atoms with van der Waals surface area (Å²) in [6.45, 7) is 8.48. The maximum absolute atomic E-state index is 13.9. The van der Waals surface area contributed by atoms with Crippen molar-refractivity contribution in [3.63, 3.8) is 0 Å². The molecule has 37 heavy (non-hydrogen) atoms. The molecule has 0 aliphatic heterocycles. The van der Waals surface area contributed by atoms with Gasteiger partial charge in [-0.2, -0.15) is 0 Å². The topological polar surface area (TPSA) is 135 Å². The van der Waals surface area contributed by atoms with Gasteiger partial charge in [-0.3, -0.25) is 4.79 Å². The van der Waals surface area contributed by atoms with Crippen LogP contribution in [0.1, 0.15) is 57.4 Å². The van der Waals surface area contributed by atoms with Crippen LogP contribution in [0, 0.1) is 5.92 Å². The second-order valence-electron chi connectivity index (χ2n) is 10.4. The number of benzene rings is 1. The van der Waals surface area contributed by atoms with Gasteiger partial charge in [-0.25, -0.2) is 18.4 Å². The Bertz CT molecular complexity index is 1310. The van der Waals surface area contributed by atoms with Crippen LogP contribution < -0.4 is 11.1 Å². The summed E-state index contributed by atoms with van der Waals surface area (Å²) in [6, 6.07) is 17.2. The maximum Gasteiger partial charge on any atom is 0.322 e. The molecule has 0 aliphatic carbocycles. The van der Waals surface area contributed by atoms with Gasteiger partial charge < -0.3 is 16.2 Å². The van der Waals surface area contributed by atoms with Gasteiger partial charge >= 0.3 is 5.97 Å². The molecule has 1 atom stereocenters. The zero-order valence-corrected chi connectivity index (χ0v) is 22.6. The fourth-order valence-corrected chi connectivity index (χ4v) is 5.70. The van der Waals surface area contributed by atoms with Crippen LogP contribution in [0.25, 0.3) is 0 Å². The van der Waals surface area contributed by atoms with Crippen LogP contribution in [0.15, 0.2) is 71.9 Å². The van der Waals surface area contributed by atoms with Gasteiger partial charge in [-0.1, -0.05) is 70.5 Å². The van der Waals surface area contributed by atoms with Crippen LogP contribution in [0.5, 0.6) is 0 Å². The van der Waals surface area contributed by atoms with Crippen LogP contribution in [0.3, 0.4) is 0 Å². The van der Waals surface area contributed by atoms with E-state index in [2.05, 4.69) is 43.0 Å². The molecule has 3 rings (SSSR count). The molecule has 0 saturated carbocycles. The summed E-state index contributed by atoms with van der Waals surface area (Å²) in [4.78, 5) is 17.5. The average molecular weight is 525 g/mol. The third-order valence-corrected chi connectivity index (χ3v) is 8.65. The van der Waals surface area contributed by atoms with E-state index in [0.717, 1.165) is 18.4 Å². The number of nitrogens with two attached hydrogens (primary N) is 1. The summed E-state index contributed by atoms with van der Waals surface area (Å²) in [7, 11) is -4.20. The molecule has 1 unspecified atom stereocenters. The van der Waals surface area contributed by atoms with Crippen molar-refractivity contribution in [2.75, 3.05) is 11.9 Å². The number of carboxylic acid groups (broad SMARTS) is 1. The van der Waals surface area contributed by atoms with Gasteiger partial charge in [0.2, 0.25) is 9.84 Å². The van der Waals surface area contributed by atoms with Crippen LogP contribution >= 0.6 is 0 Å². The third-order valence-electron chi connectivity index (χ3n) is 6.54. The zero-order valence-electron chi connectivity index (χ0n) is 21.8. The Hall–Kier alpha value is -3.30. The number of aromatic nitrogens is 2. The van der Waals surface area contributed by atoms with Gasteiger partial charge in [0.05, 0.1) is 5.69 Å². The van der Waals surface area contributed by atoms with E-state index in [4.69, 9.17) is 10.8 Å². The minimum absolute atomic E-state index is 0.0195. The number of aliphatic carboxylic acids is 1. The molecule has 2 heterocycles. The van der Waals surface area contributed by atoms with Gasteiger partial charge in [0.1, 0.15) is 12.4 Å². The molecule has 0 aliphatic rings. The van der Waals surface area contributed by atoms with Crippen molar-refractivity contribution in [1.29, 1.82) is 0 Å². The third kappa shape index (κ3) is 6.72. The van der Waals surface area contributed by atoms with Crippen molar-refractivity contribution in [3.8, 4) is 0 Å². The molecule has 4 N–H and O–H groups in total. The number of pyridine rings is 2. The van der Waals surface area contributed by atoms with Gasteiger partial charge in [0, 0.05) is 12.6 Å².